The van der Waals surface area contributed by atoms with Crippen LogP contribution in [0.4, 0.5) is 0 Å². The molecular formula is C20H27NO3S. The number of hydrogen-bond acceptors (Lipinski definition) is 5. The first kappa shape index (κ1) is 19.9. The smallest absolute Gasteiger partial charge is 0.0867 e. The minimum atomic E-state index is -0.468. The molecule has 5 heteroatoms. The molecule has 0 radical (unpaired) electrons. The number of rotatable bonds is 12. The fourth-order valence-corrected chi connectivity index (χ4v) is 3.05. The van der Waals surface area contributed by atoms with Gasteiger partial charge in [-0.25, -0.2) is 0 Å². The molecule has 136 valence electrons. The molecule has 25 heavy (non-hydrogen) atoms. The average molecular weight is 362 g/mol. The lowest BCUT2D eigenvalue weighted by Crippen LogP contribution is -2.18. The van der Waals surface area contributed by atoms with Crippen molar-refractivity contribution in [2.24, 2.45) is 0 Å². The minimum absolute atomic E-state index is 0.351. The molecule has 0 fully saturated rings. The summed E-state index contributed by atoms with van der Waals surface area (Å²) in [6.45, 7) is 3.29. The van der Waals surface area contributed by atoms with Crippen molar-refractivity contribution in [2.45, 2.75) is 24.2 Å². The second kappa shape index (κ2) is 12.1. The normalized spacial score (nSPS) is 12.2. The Labute approximate surface area is 154 Å². The van der Waals surface area contributed by atoms with E-state index in [0.29, 0.717) is 19.0 Å². The van der Waals surface area contributed by atoms with Crippen molar-refractivity contribution in [3.8, 4) is 0 Å². The van der Waals surface area contributed by atoms with Crippen LogP contribution in [0, 0.1) is 0 Å². The molecule has 1 atom stereocenters. The van der Waals surface area contributed by atoms with Crippen molar-refractivity contribution >= 4 is 11.8 Å². The highest BCUT2D eigenvalue weighted by Crippen LogP contribution is 2.19. The SMILES string of the molecule is COCCNCc1ccc(SCC(O)COCc2ccccc2)cc1. The largest absolute Gasteiger partial charge is 0.390 e. The highest BCUT2D eigenvalue weighted by Gasteiger charge is 2.06. The number of ether oxygens (including phenoxy) is 2. The van der Waals surface area contributed by atoms with E-state index in [1.54, 1.807) is 18.9 Å². The van der Waals surface area contributed by atoms with Gasteiger partial charge < -0.3 is 19.9 Å². The van der Waals surface area contributed by atoms with Crippen LogP contribution in [0.5, 0.6) is 0 Å². The number of methoxy groups -OCH3 is 1. The molecule has 4 nitrogen and oxygen atoms in total. The summed E-state index contributed by atoms with van der Waals surface area (Å²) in [4.78, 5) is 1.16. The van der Waals surface area contributed by atoms with Crippen molar-refractivity contribution in [2.75, 3.05) is 32.6 Å². The van der Waals surface area contributed by atoms with Crippen molar-refractivity contribution in [3.63, 3.8) is 0 Å². The summed E-state index contributed by atoms with van der Waals surface area (Å²) in [7, 11) is 1.70. The Morgan fingerprint density at radius 2 is 1.80 bits per heavy atom. The number of hydrogen-bond donors (Lipinski definition) is 2. The predicted molar refractivity (Wildman–Crippen MR) is 103 cm³/mol. The molecular weight excluding hydrogens is 334 g/mol. The number of aliphatic hydroxyl groups is 1. The molecule has 0 aromatic heterocycles. The van der Waals surface area contributed by atoms with Gasteiger partial charge in [0.05, 0.1) is 25.9 Å². The number of aliphatic hydroxyl groups excluding tert-OH is 1. The van der Waals surface area contributed by atoms with Crippen molar-refractivity contribution in [1.29, 1.82) is 0 Å². The van der Waals surface area contributed by atoms with E-state index in [9.17, 15) is 5.11 Å². The number of thioether (sulfide) groups is 1. The van der Waals surface area contributed by atoms with Gasteiger partial charge in [0.25, 0.3) is 0 Å². The molecule has 1 unspecified atom stereocenters. The predicted octanol–water partition coefficient (Wildman–Crippen LogP) is 3.09. The summed E-state index contributed by atoms with van der Waals surface area (Å²) >= 11 is 1.65. The second-order valence-electron chi connectivity index (χ2n) is 5.78. The lowest BCUT2D eigenvalue weighted by Gasteiger charge is -2.11. The first-order valence-electron chi connectivity index (χ1n) is 8.49. The van der Waals surface area contributed by atoms with Crippen LogP contribution in [0.15, 0.2) is 59.5 Å². The summed E-state index contributed by atoms with van der Waals surface area (Å²) in [5.41, 5.74) is 2.37. The highest BCUT2D eigenvalue weighted by atomic mass is 32.2. The van der Waals surface area contributed by atoms with Crippen LogP contribution < -0.4 is 5.32 Å². The standard InChI is InChI=1S/C20H27NO3S/c1-23-12-11-21-13-17-7-9-20(10-8-17)25-16-19(22)15-24-14-18-5-3-2-4-6-18/h2-10,19,21-22H,11-16H2,1H3. The zero-order valence-electron chi connectivity index (χ0n) is 14.7. The minimum Gasteiger partial charge on any atom is -0.390 e. The topological polar surface area (TPSA) is 50.7 Å². The Morgan fingerprint density at radius 3 is 2.52 bits per heavy atom. The van der Waals surface area contributed by atoms with Crippen LogP contribution in [0.2, 0.25) is 0 Å². The first-order chi connectivity index (χ1) is 12.3. The van der Waals surface area contributed by atoms with Gasteiger partial charge in [-0.15, -0.1) is 11.8 Å². The van der Waals surface area contributed by atoms with Crippen LogP contribution in [0.3, 0.4) is 0 Å². The quantitative estimate of drug-likeness (QED) is 0.449. The van der Waals surface area contributed by atoms with Crippen LogP contribution in [-0.4, -0.2) is 43.8 Å². The molecule has 2 N–H and O–H groups in total. The van der Waals surface area contributed by atoms with Crippen molar-refractivity contribution < 1.29 is 14.6 Å². The summed E-state index contributed by atoms with van der Waals surface area (Å²) < 4.78 is 10.6. The molecule has 2 aromatic carbocycles. The first-order valence-corrected chi connectivity index (χ1v) is 9.47. The average Bonchev–Trinajstić information content (AvgIpc) is 2.65. The third kappa shape index (κ3) is 8.52. The Kier molecular flexibility index (Phi) is 9.62. The molecule has 0 heterocycles. The Bertz CT molecular complexity index is 577. The monoisotopic (exact) mass is 361 g/mol. The van der Waals surface area contributed by atoms with Crippen molar-refractivity contribution in [1.82, 2.24) is 5.32 Å². The van der Waals surface area contributed by atoms with Gasteiger partial charge in [-0.1, -0.05) is 42.5 Å². The second-order valence-corrected chi connectivity index (χ2v) is 6.87. The molecule has 0 saturated heterocycles. The number of benzene rings is 2. The van der Waals surface area contributed by atoms with E-state index in [2.05, 4.69) is 29.6 Å². The molecule has 0 aliphatic heterocycles. The maximum absolute atomic E-state index is 10.0. The van der Waals surface area contributed by atoms with E-state index in [0.717, 1.165) is 30.2 Å². The highest BCUT2D eigenvalue weighted by molar-refractivity contribution is 7.99. The van der Waals surface area contributed by atoms with Crippen LogP contribution >= 0.6 is 11.8 Å². The van der Waals surface area contributed by atoms with E-state index in [1.807, 2.05) is 30.3 Å². The Morgan fingerprint density at radius 1 is 1.04 bits per heavy atom. The molecule has 0 aliphatic rings. The van der Waals surface area contributed by atoms with Gasteiger partial charge in [0.2, 0.25) is 0 Å². The van der Waals surface area contributed by atoms with Gasteiger partial charge in [0.1, 0.15) is 0 Å². The Hall–Kier alpha value is -1.37. The van der Waals surface area contributed by atoms with E-state index in [-0.39, 0.29) is 0 Å². The van der Waals surface area contributed by atoms with Gasteiger partial charge in [0, 0.05) is 30.8 Å². The molecule has 0 amide bonds. The zero-order valence-corrected chi connectivity index (χ0v) is 15.5. The molecule has 0 bridgehead atoms. The lowest BCUT2D eigenvalue weighted by atomic mass is 10.2. The molecule has 0 spiro atoms. The van der Waals surface area contributed by atoms with E-state index in [4.69, 9.17) is 9.47 Å². The van der Waals surface area contributed by atoms with Gasteiger partial charge >= 0.3 is 0 Å². The lowest BCUT2D eigenvalue weighted by molar-refractivity contribution is 0.0398. The summed E-state index contributed by atoms with van der Waals surface area (Å²) in [5.74, 6) is 0.625. The molecule has 2 aromatic rings. The number of nitrogens with one attached hydrogen (secondary N) is 1. The fourth-order valence-electron chi connectivity index (χ4n) is 2.24. The van der Waals surface area contributed by atoms with Crippen LogP contribution in [0.25, 0.3) is 0 Å². The van der Waals surface area contributed by atoms with E-state index in [1.165, 1.54) is 5.56 Å². The maximum Gasteiger partial charge on any atom is 0.0867 e. The zero-order chi connectivity index (χ0) is 17.7. The van der Waals surface area contributed by atoms with E-state index >= 15 is 0 Å². The third-order valence-corrected chi connectivity index (χ3v) is 4.76. The third-order valence-electron chi connectivity index (χ3n) is 3.60. The van der Waals surface area contributed by atoms with E-state index < -0.39 is 6.10 Å². The van der Waals surface area contributed by atoms with Gasteiger partial charge in [-0.05, 0) is 23.3 Å². The van der Waals surface area contributed by atoms with Crippen LogP contribution in [-0.2, 0) is 22.6 Å². The molecule has 0 aliphatic carbocycles. The van der Waals surface area contributed by atoms with Crippen LogP contribution in [0.1, 0.15) is 11.1 Å². The van der Waals surface area contributed by atoms with Gasteiger partial charge in [-0.3, -0.25) is 0 Å². The summed E-state index contributed by atoms with van der Waals surface area (Å²) in [5, 5.41) is 13.4. The maximum atomic E-state index is 10.0. The fraction of sp³-hybridized carbons (Fsp3) is 0.400. The van der Waals surface area contributed by atoms with Gasteiger partial charge in [-0.2, -0.15) is 0 Å². The summed E-state index contributed by atoms with van der Waals surface area (Å²) in [6, 6.07) is 18.4. The molecule has 0 saturated carbocycles. The molecule has 2 rings (SSSR count). The Balaban J connectivity index is 1.61. The van der Waals surface area contributed by atoms with Crippen molar-refractivity contribution in [3.05, 3.63) is 65.7 Å². The summed E-state index contributed by atoms with van der Waals surface area (Å²) in [6.07, 6.45) is -0.468. The van der Waals surface area contributed by atoms with Gasteiger partial charge in [0.15, 0.2) is 0 Å².